The molecule has 4 heteroatoms. The number of nitrogens with one attached hydrogen (secondary N) is 1. The van der Waals surface area contributed by atoms with E-state index in [0.717, 1.165) is 5.65 Å². The predicted octanol–water partition coefficient (Wildman–Crippen LogP) is 1.37. The van der Waals surface area contributed by atoms with E-state index < -0.39 is 0 Å². The number of nitrogens with zero attached hydrogens (tertiary/aromatic N) is 2. The molecule has 0 bridgehead atoms. The van der Waals surface area contributed by atoms with Crippen LogP contribution in [0.1, 0.15) is 24.7 Å². The predicted molar refractivity (Wildman–Crippen MR) is 53.4 cm³/mol. The summed E-state index contributed by atoms with van der Waals surface area (Å²) in [5.74, 6) is 0.683. The molecule has 0 aliphatic heterocycles. The van der Waals surface area contributed by atoms with E-state index in [4.69, 9.17) is 0 Å². The van der Waals surface area contributed by atoms with Crippen molar-refractivity contribution < 1.29 is 0 Å². The van der Waals surface area contributed by atoms with Gasteiger partial charge in [0.25, 0.3) is 5.56 Å². The SMILES string of the molecule is Cc1nc2c(ccn2C2CC2)c(=O)[nH]1. The zero-order valence-electron chi connectivity index (χ0n) is 7.95. The molecule has 3 rings (SSSR count). The zero-order valence-corrected chi connectivity index (χ0v) is 7.95. The Bertz CT molecular complexity index is 548. The number of aromatic amines is 1. The minimum Gasteiger partial charge on any atom is -0.329 e. The first-order valence-electron chi connectivity index (χ1n) is 4.83. The summed E-state index contributed by atoms with van der Waals surface area (Å²) in [5, 5.41) is 0.697. The van der Waals surface area contributed by atoms with E-state index in [-0.39, 0.29) is 5.56 Å². The summed E-state index contributed by atoms with van der Waals surface area (Å²) in [5.41, 5.74) is 0.792. The second-order valence-electron chi connectivity index (χ2n) is 3.84. The molecule has 1 N–H and O–H groups in total. The number of H-pyrrole nitrogens is 1. The lowest BCUT2D eigenvalue weighted by Crippen LogP contribution is -2.09. The van der Waals surface area contributed by atoms with Crippen LogP contribution in [0.25, 0.3) is 11.0 Å². The van der Waals surface area contributed by atoms with Crippen LogP contribution in [0.2, 0.25) is 0 Å². The Kier molecular flexibility index (Phi) is 1.37. The highest BCUT2D eigenvalue weighted by Crippen LogP contribution is 2.36. The first kappa shape index (κ1) is 7.79. The lowest BCUT2D eigenvalue weighted by Gasteiger charge is -2.01. The van der Waals surface area contributed by atoms with Crippen LogP contribution in [0.3, 0.4) is 0 Å². The molecule has 1 aliphatic carbocycles. The topological polar surface area (TPSA) is 50.7 Å². The maximum absolute atomic E-state index is 11.5. The van der Waals surface area contributed by atoms with Crippen LogP contribution in [0, 0.1) is 6.92 Å². The van der Waals surface area contributed by atoms with Gasteiger partial charge < -0.3 is 9.55 Å². The zero-order chi connectivity index (χ0) is 9.71. The van der Waals surface area contributed by atoms with Crippen molar-refractivity contribution >= 4 is 11.0 Å². The first-order valence-corrected chi connectivity index (χ1v) is 4.83. The van der Waals surface area contributed by atoms with Gasteiger partial charge in [-0.15, -0.1) is 0 Å². The molecule has 1 aliphatic rings. The van der Waals surface area contributed by atoms with Crippen molar-refractivity contribution in [1.82, 2.24) is 14.5 Å². The van der Waals surface area contributed by atoms with Crippen LogP contribution in [-0.2, 0) is 0 Å². The van der Waals surface area contributed by atoms with Gasteiger partial charge in [-0.1, -0.05) is 0 Å². The fourth-order valence-corrected chi connectivity index (χ4v) is 1.80. The molecule has 1 saturated carbocycles. The Morgan fingerprint density at radius 2 is 2.36 bits per heavy atom. The van der Waals surface area contributed by atoms with E-state index in [1.807, 2.05) is 19.2 Å². The summed E-state index contributed by atoms with van der Waals surface area (Å²) in [6.07, 6.45) is 4.37. The van der Waals surface area contributed by atoms with Gasteiger partial charge in [0.2, 0.25) is 0 Å². The summed E-state index contributed by atoms with van der Waals surface area (Å²) in [7, 11) is 0. The summed E-state index contributed by atoms with van der Waals surface area (Å²) < 4.78 is 2.11. The van der Waals surface area contributed by atoms with Crippen LogP contribution >= 0.6 is 0 Å². The van der Waals surface area contributed by atoms with Gasteiger partial charge in [0, 0.05) is 12.2 Å². The van der Waals surface area contributed by atoms with Gasteiger partial charge in [-0.2, -0.15) is 0 Å². The highest BCUT2D eigenvalue weighted by Gasteiger charge is 2.25. The van der Waals surface area contributed by atoms with Crippen molar-refractivity contribution in [2.45, 2.75) is 25.8 Å². The Morgan fingerprint density at radius 1 is 1.57 bits per heavy atom. The van der Waals surface area contributed by atoms with Crippen LogP contribution in [-0.4, -0.2) is 14.5 Å². The Labute approximate surface area is 80.6 Å². The molecule has 0 spiro atoms. The maximum Gasteiger partial charge on any atom is 0.260 e. The van der Waals surface area contributed by atoms with Crippen LogP contribution in [0.4, 0.5) is 0 Å². The molecular weight excluding hydrogens is 178 g/mol. The highest BCUT2D eigenvalue weighted by atomic mass is 16.1. The van der Waals surface area contributed by atoms with Crippen molar-refractivity contribution in [3.8, 4) is 0 Å². The third-order valence-corrected chi connectivity index (χ3v) is 2.64. The van der Waals surface area contributed by atoms with Crippen molar-refractivity contribution in [1.29, 1.82) is 0 Å². The molecule has 0 saturated heterocycles. The van der Waals surface area contributed by atoms with Crippen molar-refractivity contribution in [3.05, 3.63) is 28.4 Å². The van der Waals surface area contributed by atoms with Gasteiger partial charge in [0.05, 0.1) is 5.39 Å². The van der Waals surface area contributed by atoms with E-state index in [2.05, 4.69) is 14.5 Å². The molecule has 2 aromatic heterocycles. The normalized spacial score (nSPS) is 16.4. The second-order valence-corrected chi connectivity index (χ2v) is 3.84. The van der Waals surface area contributed by atoms with Gasteiger partial charge in [0.1, 0.15) is 11.5 Å². The summed E-state index contributed by atoms with van der Waals surface area (Å²) in [6, 6.07) is 2.42. The molecule has 2 aromatic rings. The minimum absolute atomic E-state index is 0.0353. The standard InChI is InChI=1S/C10H11N3O/c1-6-11-9-8(10(14)12-6)4-5-13(9)7-2-3-7/h4-5,7H,2-3H2,1H3,(H,11,12,14). The fourth-order valence-electron chi connectivity index (χ4n) is 1.80. The van der Waals surface area contributed by atoms with Gasteiger partial charge in [-0.3, -0.25) is 4.79 Å². The van der Waals surface area contributed by atoms with Gasteiger partial charge in [0.15, 0.2) is 0 Å². The summed E-state index contributed by atoms with van der Waals surface area (Å²) in [6.45, 7) is 1.81. The van der Waals surface area contributed by atoms with Crippen LogP contribution < -0.4 is 5.56 Å². The van der Waals surface area contributed by atoms with Crippen LogP contribution in [0.15, 0.2) is 17.1 Å². The van der Waals surface area contributed by atoms with Crippen molar-refractivity contribution in [3.63, 3.8) is 0 Å². The van der Waals surface area contributed by atoms with E-state index >= 15 is 0 Å². The lowest BCUT2D eigenvalue weighted by atomic mass is 10.4. The largest absolute Gasteiger partial charge is 0.329 e. The number of rotatable bonds is 1. The van der Waals surface area contributed by atoms with Gasteiger partial charge in [-0.25, -0.2) is 4.98 Å². The first-order chi connectivity index (χ1) is 6.75. The minimum atomic E-state index is -0.0353. The monoisotopic (exact) mass is 189 g/mol. The Morgan fingerprint density at radius 3 is 3.07 bits per heavy atom. The van der Waals surface area contributed by atoms with Crippen molar-refractivity contribution in [2.75, 3.05) is 0 Å². The molecule has 0 aromatic carbocycles. The molecule has 72 valence electrons. The van der Waals surface area contributed by atoms with Gasteiger partial charge >= 0.3 is 0 Å². The number of hydrogen-bond acceptors (Lipinski definition) is 2. The molecular formula is C10H11N3O. The highest BCUT2D eigenvalue weighted by molar-refractivity contribution is 5.75. The summed E-state index contributed by atoms with van der Waals surface area (Å²) >= 11 is 0. The molecule has 0 unspecified atom stereocenters. The molecule has 2 heterocycles. The number of fused-ring (bicyclic) bond motifs is 1. The third-order valence-electron chi connectivity index (χ3n) is 2.64. The van der Waals surface area contributed by atoms with E-state index in [1.54, 1.807) is 0 Å². The summed E-state index contributed by atoms with van der Waals surface area (Å²) in [4.78, 5) is 18.6. The number of hydrogen-bond donors (Lipinski definition) is 1. The molecule has 4 nitrogen and oxygen atoms in total. The van der Waals surface area contributed by atoms with Gasteiger partial charge in [-0.05, 0) is 25.8 Å². The molecule has 1 fully saturated rings. The van der Waals surface area contributed by atoms with Crippen molar-refractivity contribution in [2.24, 2.45) is 0 Å². The quantitative estimate of drug-likeness (QED) is 0.736. The number of aryl methyl sites for hydroxylation is 1. The smallest absolute Gasteiger partial charge is 0.260 e. The second kappa shape index (κ2) is 2.47. The van der Waals surface area contributed by atoms with E-state index in [1.165, 1.54) is 12.8 Å². The fraction of sp³-hybridized carbons (Fsp3) is 0.400. The average molecular weight is 189 g/mol. The molecule has 0 atom stereocenters. The molecule has 0 amide bonds. The van der Waals surface area contributed by atoms with E-state index in [0.29, 0.717) is 17.3 Å². The Hall–Kier alpha value is -1.58. The Balaban J connectivity index is 2.38. The molecule has 14 heavy (non-hydrogen) atoms. The lowest BCUT2D eigenvalue weighted by molar-refractivity contribution is 0.762. The van der Waals surface area contributed by atoms with Crippen LogP contribution in [0.5, 0.6) is 0 Å². The molecule has 0 radical (unpaired) electrons. The number of aromatic nitrogens is 3. The average Bonchev–Trinajstić information content (AvgIpc) is 2.87. The maximum atomic E-state index is 11.5. The van der Waals surface area contributed by atoms with E-state index in [9.17, 15) is 4.79 Å². The third kappa shape index (κ3) is 0.999.